The summed E-state index contributed by atoms with van der Waals surface area (Å²) in [5, 5.41) is 0.805. The maximum Gasteiger partial charge on any atom is 0.124 e. The molecule has 3 aromatic rings. The van der Waals surface area contributed by atoms with E-state index in [0.29, 0.717) is 0 Å². The lowest BCUT2D eigenvalue weighted by atomic mass is 10.2. The number of fused-ring (bicyclic) bond motifs is 3. The second-order valence-corrected chi connectivity index (χ2v) is 6.30. The first kappa shape index (κ1) is 13.8. The van der Waals surface area contributed by atoms with Gasteiger partial charge in [-0.05, 0) is 36.2 Å². The van der Waals surface area contributed by atoms with Crippen molar-refractivity contribution >= 4 is 22.6 Å². The van der Waals surface area contributed by atoms with Crippen LogP contribution in [0.3, 0.4) is 0 Å². The predicted octanol–water partition coefficient (Wildman–Crippen LogP) is 4.10. The Hall–Kier alpha value is -1.84. The molecule has 0 spiro atoms. The van der Waals surface area contributed by atoms with Crippen LogP contribution in [0.15, 0.2) is 48.5 Å². The molecule has 2 heterocycles. The van der Waals surface area contributed by atoms with Crippen LogP contribution < -0.4 is 0 Å². The zero-order chi connectivity index (χ0) is 14.9. The molecule has 1 aromatic heterocycles. The Labute approximate surface area is 135 Å². The monoisotopic (exact) mass is 311 g/mol. The molecule has 4 rings (SSSR count). The first-order valence-corrected chi connectivity index (χ1v) is 8.08. The summed E-state index contributed by atoms with van der Waals surface area (Å²) in [5.41, 5.74) is 3.61. The van der Waals surface area contributed by atoms with E-state index in [1.807, 2.05) is 12.1 Å². The Bertz CT molecular complexity index is 809. The topological polar surface area (TPSA) is 21.1 Å². The number of imidazole rings is 1. The van der Waals surface area contributed by atoms with Gasteiger partial charge in [-0.25, -0.2) is 4.98 Å². The molecule has 2 aromatic carbocycles. The Kier molecular flexibility index (Phi) is 3.60. The normalized spacial score (nSPS) is 15.7. The van der Waals surface area contributed by atoms with Gasteiger partial charge in [0.15, 0.2) is 0 Å². The number of aryl methyl sites for hydroxylation is 1. The first-order chi connectivity index (χ1) is 10.8. The maximum absolute atomic E-state index is 6.09. The van der Waals surface area contributed by atoms with Crippen LogP contribution in [0.4, 0.5) is 0 Å². The van der Waals surface area contributed by atoms with E-state index < -0.39 is 0 Å². The van der Waals surface area contributed by atoms with E-state index in [-0.39, 0.29) is 0 Å². The number of halogens is 1. The van der Waals surface area contributed by atoms with Crippen molar-refractivity contribution in [2.24, 2.45) is 0 Å². The standard InChI is InChI=1S/C18H18ClN3/c19-15-6-3-5-14(11-15)12-21-9-4-10-22-17-8-2-1-7-16(17)20-18(22)13-21/h1-3,5-8,11H,4,9-10,12-13H2. The van der Waals surface area contributed by atoms with Gasteiger partial charge in [0.2, 0.25) is 0 Å². The van der Waals surface area contributed by atoms with Gasteiger partial charge in [-0.3, -0.25) is 4.90 Å². The van der Waals surface area contributed by atoms with E-state index in [1.165, 1.54) is 16.9 Å². The lowest BCUT2D eigenvalue weighted by Crippen LogP contribution is -2.23. The van der Waals surface area contributed by atoms with Crippen molar-refractivity contribution in [3.8, 4) is 0 Å². The number of benzene rings is 2. The third-order valence-electron chi connectivity index (χ3n) is 4.25. The minimum Gasteiger partial charge on any atom is -0.327 e. The first-order valence-electron chi connectivity index (χ1n) is 7.70. The fourth-order valence-corrected chi connectivity index (χ4v) is 3.47. The summed E-state index contributed by atoms with van der Waals surface area (Å²) in [5.74, 6) is 1.17. The van der Waals surface area contributed by atoms with Crippen molar-refractivity contribution in [1.82, 2.24) is 14.5 Å². The molecule has 0 bridgehead atoms. The van der Waals surface area contributed by atoms with Gasteiger partial charge < -0.3 is 4.57 Å². The summed E-state index contributed by atoms with van der Waals surface area (Å²) in [7, 11) is 0. The third-order valence-corrected chi connectivity index (χ3v) is 4.49. The summed E-state index contributed by atoms with van der Waals surface area (Å²) in [6.07, 6.45) is 1.15. The SMILES string of the molecule is Clc1cccc(CN2CCCn3c(nc4ccccc43)C2)c1. The minimum atomic E-state index is 0.805. The molecule has 1 aliphatic rings. The Morgan fingerprint density at radius 2 is 1.95 bits per heavy atom. The zero-order valence-corrected chi connectivity index (χ0v) is 13.1. The molecule has 0 fully saturated rings. The molecule has 3 nitrogen and oxygen atoms in total. The van der Waals surface area contributed by atoms with Crippen LogP contribution >= 0.6 is 11.6 Å². The predicted molar refractivity (Wildman–Crippen MR) is 89.9 cm³/mol. The lowest BCUT2D eigenvalue weighted by Gasteiger charge is -2.19. The minimum absolute atomic E-state index is 0.805. The van der Waals surface area contributed by atoms with Crippen molar-refractivity contribution in [2.75, 3.05) is 6.54 Å². The Morgan fingerprint density at radius 3 is 2.86 bits per heavy atom. The fraction of sp³-hybridized carbons (Fsp3) is 0.278. The van der Waals surface area contributed by atoms with Crippen molar-refractivity contribution in [3.05, 3.63) is 64.9 Å². The van der Waals surface area contributed by atoms with Crippen LogP contribution in [-0.2, 0) is 19.6 Å². The van der Waals surface area contributed by atoms with E-state index in [4.69, 9.17) is 16.6 Å². The van der Waals surface area contributed by atoms with Gasteiger partial charge in [0.1, 0.15) is 5.82 Å². The van der Waals surface area contributed by atoms with E-state index in [2.05, 4.69) is 45.9 Å². The van der Waals surface area contributed by atoms with E-state index in [1.54, 1.807) is 0 Å². The highest BCUT2D eigenvalue weighted by molar-refractivity contribution is 6.30. The summed E-state index contributed by atoms with van der Waals surface area (Å²) in [6, 6.07) is 16.5. The molecular formula is C18H18ClN3. The molecule has 4 heteroatoms. The van der Waals surface area contributed by atoms with Crippen LogP contribution in [0.5, 0.6) is 0 Å². The smallest absolute Gasteiger partial charge is 0.124 e. The summed E-state index contributed by atoms with van der Waals surface area (Å²) < 4.78 is 2.37. The quantitative estimate of drug-likeness (QED) is 0.710. The Morgan fingerprint density at radius 1 is 1.05 bits per heavy atom. The summed E-state index contributed by atoms with van der Waals surface area (Å²) in [4.78, 5) is 7.27. The number of aromatic nitrogens is 2. The Balaban J connectivity index is 1.62. The van der Waals surface area contributed by atoms with Crippen molar-refractivity contribution in [2.45, 2.75) is 26.1 Å². The van der Waals surface area contributed by atoms with E-state index in [0.717, 1.165) is 43.1 Å². The molecule has 0 saturated carbocycles. The van der Waals surface area contributed by atoms with Gasteiger partial charge in [0.05, 0.1) is 17.6 Å². The highest BCUT2D eigenvalue weighted by Gasteiger charge is 2.18. The fourth-order valence-electron chi connectivity index (χ4n) is 3.26. The maximum atomic E-state index is 6.09. The third kappa shape index (κ3) is 2.62. The zero-order valence-electron chi connectivity index (χ0n) is 12.4. The molecule has 1 aliphatic heterocycles. The van der Waals surface area contributed by atoms with Crippen LogP contribution in [0.2, 0.25) is 5.02 Å². The molecule has 0 amide bonds. The number of rotatable bonds is 2. The van der Waals surface area contributed by atoms with Gasteiger partial charge in [-0.2, -0.15) is 0 Å². The van der Waals surface area contributed by atoms with Crippen LogP contribution in [0.25, 0.3) is 11.0 Å². The van der Waals surface area contributed by atoms with Gasteiger partial charge in [-0.1, -0.05) is 35.9 Å². The second kappa shape index (κ2) is 5.75. The van der Waals surface area contributed by atoms with Gasteiger partial charge in [-0.15, -0.1) is 0 Å². The van der Waals surface area contributed by atoms with Crippen molar-refractivity contribution < 1.29 is 0 Å². The highest BCUT2D eigenvalue weighted by atomic mass is 35.5. The summed E-state index contributed by atoms with van der Waals surface area (Å²) in [6.45, 7) is 3.94. The molecule has 0 aliphatic carbocycles. The molecule has 0 radical (unpaired) electrons. The van der Waals surface area contributed by atoms with E-state index >= 15 is 0 Å². The molecule has 0 N–H and O–H groups in total. The second-order valence-electron chi connectivity index (χ2n) is 5.86. The molecule has 22 heavy (non-hydrogen) atoms. The number of para-hydroxylation sites is 2. The van der Waals surface area contributed by atoms with Crippen LogP contribution in [0.1, 0.15) is 17.8 Å². The van der Waals surface area contributed by atoms with Gasteiger partial charge >= 0.3 is 0 Å². The lowest BCUT2D eigenvalue weighted by molar-refractivity contribution is 0.258. The molecule has 112 valence electrons. The van der Waals surface area contributed by atoms with Gasteiger partial charge in [0, 0.05) is 24.7 Å². The van der Waals surface area contributed by atoms with Crippen LogP contribution in [0, 0.1) is 0 Å². The van der Waals surface area contributed by atoms with E-state index in [9.17, 15) is 0 Å². The van der Waals surface area contributed by atoms with Gasteiger partial charge in [0.25, 0.3) is 0 Å². The number of hydrogen-bond acceptors (Lipinski definition) is 2. The number of hydrogen-bond donors (Lipinski definition) is 0. The largest absolute Gasteiger partial charge is 0.327 e. The average Bonchev–Trinajstić information content (AvgIpc) is 2.73. The molecule has 0 atom stereocenters. The van der Waals surface area contributed by atoms with Crippen molar-refractivity contribution in [3.63, 3.8) is 0 Å². The average molecular weight is 312 g/mol. The molecule has 0 saturated heterocycles. The number of nitrogens with zero attached hydrogens (tertiary/aromatic N) is 3. The highest BCUT2D eigenvalue weighted by Crippen LogP contribution is 2.22. The summed E-state index contributed by atoms with van der Waals surface area (Å²) >= 11 is 6.09. The van der Waals surface area contributed by atoms with Crippen molar-refractivity contribution in [1.29, 1.82) is 0 Å². The molecule has 0 unspecified atom stereocenters. The molecular weight excluding hydrogens is 294 g/mol. The van der Waals surface area contributed by atoms with Crippen LogP contribution in [-0.4, -0.2) is 21.0 Å².